The lowest BCUT2D eigenvalue weighted by atomic mass is 9.93. The smallest absolute Gasteiger partial charge is 0.316 e. The molecule has 0 heterocycles. The molecule has 1 unspecified atom stereocenters. The van der Waals surface area contributed by atoms with Crippen molar-refractivity contribution in [2.75, 3.05) is 13.7 Å². The molecule has 0 aliphatic rings. The first-order valence-electron chi connectivity index (χ1n) is 8.47. The van der Waals surface area contributed by atoms with E-state index in [9.17, 15) is 9.59 Å². The van der Waals surface area contributed by atoms with Crippen LogP contribution in [0.2, 0.25) is 0 Å². The van der Waals surface area contributed by atoms with Gasteiger partial charge in [-0.05, 0) is 59.8 Å². The largest absolute Gasteiger partial charge is 0.468 e. The van der Waals surface area contributed by atoms with Crippen molar-refractivity contribution < 1.29 is 19.4 Å². The van der Waals surface area contributed by atoms with E-state index in [1.807, 2.05) is 0 Å². The number of hydrogen-bond donors (Lipinski definition) is 1. The van der Waals surface area contributed by atoms with E-state index < -0.39 is 11.9 Å². The summed E-state index contributed by atoms with van der Waals surface area (Å²) in [6, 6.07) is 0. The minimum absolute atomic E-state index is 0.0929. The van der Waals surface area contributed by atoms with Gasteiger partial charge in [-0.2, -0.15) is 0 Å². The van der Waals surface area contributed by atoms with Crippen molar-refractivity contribution in [2.45, 2.75) is 59.8 Å². The molecule has 0 aliphatic heterocycles. The summed E-state index contributed by atoms with van der Waals surface area (Å²) in [7, 11) is 1.28. The minimum Gasteiger partial charge on any atom is -0.468 e. The van der Waals surface area contributed by atoms with E-state index in [0.29, 0.717) is 6.42 Å². The Morgan fingerprint density at radius 2 is 1.62 bits per heavy atom. The number of esters is 1. The number of rotatable bonds is 11. The lowest BCUT2D eigenvalue weighted by Gasteiger charge is -2.14. The Bertz CT molecular complexity index is 494. The van der Waals surface area contributed by atoms with Gasteiger partial charge in [0.15, 0.2) is 0 Å². The quantitative estimate of drug-likeness (QED) is 0.350. The van der Waals surface area contributed by atoms with Crippen LogP contribution in [0.1, 0.15) is 59.8 Å². The van der Waals surface area contributed by atoms with Crippen molar-refractivity contribution in [1.82, 2.24) is 0 Å². The summed E-state index contributed by atoms with van der Waals surface area (Å²) in [4.78, 5) is 23.3. The maximum absolute atomic E-state index is 11.7. The highest BCUT2D eigenvalue weighted by Gasteiger charge is 2.24. The van der Waals surface area contributed by atoms with Crippen LogP contribution in [0.5, 0.6) is 0 Å². The zero-order chi connectivity index (χ0) is 18.5. The van der Waals surface area contributed by atoms with Crippen LogP contribution >= 0.6 is 0 Å². The van der Waals surface area contributed by atoms with E-state index in [0.717, 1.165) is 31.3 Å². The van der Waals surface area contributed by atoms with Crippen LogP contribution in [0.15, 0.2) is 34.9 Å². The Morgan fingerprint density at radius 1 is 1.00 bits per heavy atom. The second-order valence-corrected chi connectivity index (χ2v) is 6.34. The van der Waals surface area contributed by atoms with Gasteiger partial charge in [-0.15, -0.1) is 0 Å². The molecule has 0 saturated carbocycles. The maximum Gasteiger partial charge on any atom is 0.316 e. The minimum atomic E-state index is -0.782. The first-order chi connectivity index (χ1) is 11.3. The molecule has 136 valence electrons. The van der Waals surface area contributed by atoms with Crippen molar-refractivity contribution in [3.8, 4) is 0 Å². The highest BCUT2D eigenvalue weighted by Crippen LogP contribution is 2.20. The van der Waals surface area contributed by atoms with Crippen LogP contribution in [-0.4, -0.2) is 30.6 Å². The number of ether oxygens (including phenoxy) is 1. The van der Waals surface area contributed by atoms with E-state index in [1.165, 1.54) is 25.2 Å². The maximum atomic E-state index is 11.7. The molecule has 0 rings (SSSR count). The third kappa shape index (κ3) is 10.2. The molecule has 4 nitrogen and oxygen atoms in total. The first-order valence-corrected chi connectivity index (χ1v) is 8.47. The third-order valence-corrected chi connectivity index (χ3v) is 3.87. The SMILES string of the molecule is COC(=O)C(C/C(=C\CO)CC/C=C(\C)CCC=C(C)C)C(C)=O. The van der Waals surface area contributed by atoms with Gasteiger partial charge in [0.1, 0.15) is 11.7 Å². The summed E-state index contributed by atoms with van der Waals surface area (Å²) in [5, 5.41) is 9.16. The van der Waals surface area contributed by atoms with Crippen LogP contribution < -0.4 is 0 Å². The standard InChI is InChI=1S/C20H32O4/c1-15(2)8-6-9-16(3)10-7-11-18(12-13-21)14-19(17(4)22)20(23)24-5/h8,10,12,19,21H,6-7,9,11,13-14H2,1-5H3/b16-10+,18-12-. The average Bonchev–Trinajstić information content (AvgIpc) is 2.51. The molecule has 0 fully saturated rings. The fourth-order valence-corrected chi connectivity index (χ4v) is 2.41. The van der Waals surface area contributed by atoms with Gasteiger partial charge in [-0.25, -0.2) is 0 Å². The first kappa shape index (κ1) is 22.3. The number of allylic oxidation sites excluding steroid dienone is 5. The molecule has 4 heteroatoms. The number of ketones is 1. The number of aliphatic hydroxyl groups is 1. The van der Waals surface area contributed by atoms with Crippen molar-refractivity contribution >= 4 is 11.8 Å². The number of methoxy groups -OCH3 is 1. The highest BCUT2D eigenvalue weighted by molar-refractivity contribution is 5.97. The molecule has 1 N–H and O–H groups in total. The normalized spacial score (nSPS) is 13.4. The highest BCUT2D eigenvalue weighted by atomic mass is 16.5. The number of Topliss-reactive ketones (excluding diaryl/α,β-unsaturated/α-hetero) is 1. The number of carbonyl (C=O) groups is 2. The lowest BCUT2D eigenvalue weighted by Crippen LogP contribution is -2.24. The molecular formula is C20H32O4. The second-order valence-electron chi connectivity index (χ2n) is 6.34. The molecule has 0 radical (unpaired) electrons. The third-order valence-electron chi connectivity index (χ3n) is 3.87. The predicted molar refractivity (Wildman–Crippen MR) is 97.6 cm³/mol. The molecule has 0 aromatic heterocycles. The summed E-state index contributed by atoms with van der Waals surface area (Å²) >= 11 is 0. The number of aliphatic hydroxyl groups excluding tert-OH is 1. The van der Waals surface area contributed by atoms with E-state index in [1.54, 1.807) is 6.08 Å². The van der Waals surface area contributed by atoms with Crippen molar-refractivity contribution in [3.63, 3.8) is 0 Å². The molecule has 1 atom stereocenters. The van der Waals surface area contributed by atoms with Gasteiger partial charge in [0.25, 0.3) is 0 Å². The van der Waals surface area contributed by atoms with E-state index in [4.69, 9.17) is 9.84 Å². The summed E-state index contributed by atoms with van der Waals surface area (Å²) in [6.45, 7) is 7.60. The summed E-state index contributed by atoms with van der Waals surface area (Å²) < 4.78 is 4.69. The zero-order valence-corrected chi connectivity index (χ0v) is 15.7. The van der Waals surface area contributed by atoms with Gasteiger partial charge in [0, 0.05) is 0 Å². The van der Waals surface area contributed by atoms with Gasteiger partial charge < -0.3 is 9.84 Å². The molecule has 0 spiro atoms. The van der Waals surface area contributed by atoms with Gasteiger partial charge in [0.05, 0.1) is 13.7 Å². The van der Waals surface area contributed by atoms with Gasteiger partial charge in [-0.3, -0.25) is 9.59 Å². The Kier molecular flexibility index (Phi) is 11.8. The Morgan fingerprint density at radius 3 is 2.12 bits per heavy atom. The second kappa shape index (κ2) is 12.7. The monoisotopic (exact) mass is 336 g/mol. The zero-order valence-electron chi connectivity index (χ0n) is 15.7. The Labute approximate surface area is 146 Å². The topological polar surface area (TPSA) is 63.6 Å². The lowest BCUT2D eigenvalue weighted by molar-refractivity contribution is -0.148. The van der Waals surface area contributed by atoms with Crippen molar-refractivity contribution in [3.05, 3.63) is 34.9 Å². The molecule has 0 aromatic rings. The summed E-state index contributed by atoms with van der Waals surface area (Å²) in [5.41, 5.74) is 3.57. The van der Waals surface area contributed by atoms with Crippen LogP contribution in [0.4, 0.5) is 0 Å². The number of carbonyl (C=O) groups excluding carboxylic acids is 2. The van der Waals surface area contributed by atoms with Gasteiger partial charge in [-0.1, -0.05) is 34.9 Å². The fraction of sp³-hybridized carbons (Fsp3) is 0.600. The number of hydrogen-bond acceptors (Lipinski definition) is 4. The molecular weight excluding hydrogens is 304 g/mol. The van der Waals surface area contributed by atoms with E-state index >= 15 is 0 Å². The van der Waals surface area contributed by atoms with E-state index in [2.05, 4.69) is 32.9 Å². The molecule has 0 amide bonds. The van der Waals surface area contributed by atoms with Gasteiger partial charge in [0.2, 0.25) is 0 Å². The molecule has 0 bridgehead atoms. The predicted octanol–water partition coefficient (Wildman–Crippen LogP) is 4.15. The Hall–Kier alpha value is -1.68. The van der Waals surface area contributed by atoms with Gasteiger partial charge >= 0.3 is 5.97 Å². The molecule has 0 aromatic carbocycles. The molecule has 0 saturated heterocycles. The molecule has 0 aliphatic carbocycles. The van der Waals surface area contributed by atoms with Crippen LogP contribution in [0.3, 0.4) is 0 Å². The van der Waals surface area contributed by atoms with Crippen LogP contribution in [0.25, 0.3) is 0 Å². The average molecular weight is 336 g/mol. The van der Waals surface area contributed by atoms with Crippen molar-refractivity contribution in [2.24, 2.45) is 5.92 Å². The summed E-state index contributed by atoms with van der Waals surface area (Å²) in [5.74, 6) is -1.51. The Balaban J connectivity index is 4.64. The van der Waals surface area contributed by atoms with E-state index in [-0.39, 0.29) is 12.4 Å². The summed E-state index contributed by atoms with van der Waals surface area (Å²) in [6.07, 6.45) is 10.0. The molecule has 24 heavy (non-hydrogen) atoms. The fourth-order valence-electron chi connectivity index (χ4n) is 2.41. The van der Waals surface area contributed by atoms with Crippen LogP contribution in [-0.2, 0) is 14.3 Å². The van der Waals surface area contributed by atoms with Crippen molar-refractivity contribution in [1.29, 1.82) is 0 Å². The van der Waals surface area contributed by atoms with Crippen LogP contribution in [0, 0.1) is 5.92 Å².